The van der Waals surface area contributed by atoms with Gasteiger partial charge in [-0.25, -0.2) is 4.98 Å². The lowest BCUT2D eigenvalue weighted by Crippen LogP contribution is -2.46. The molecule has 0 aliphatic carbocycles. The van der Waals surface area contributed by atoms with Crippen LogP contribution in [0.5, 0.6) is 5.88 Å². The summed E-state index contributed by atoms with van der Waals surface area (Å²) in [6.07, 6.45) is 2.46. The Labute approximate surface area is 161 Å². The standard InChI is InChI=1S/C20H31N3O4/c1-24-19-4-2-3-17(21-19)13-23-9-12-26-16-20(15-23)6-5-18(27-20)14-22-7-10-25-11-8-22/h2-4,18H,5-16H2,1H3/t18-,20-/m1/s1. The average molecular weight is 377 g/mol. The molecule has 0 aromatic carbocycles. The summed E-state index contributed by atoms with van der Waals surface area (Å²) in [5, 5.41) is 0. The molecule has 2 atom stereocenters. The number of hydrogen-bond donors (Lipinski definition) is 0. The Morgan fingerprint density at radius 1 is 1.15 bits per heavy atom. The highest BCUT2D eigenvalue weighted by atomic mass is 16.6. The molecule has 0 bridgehead atoms. The Morgan fingerprint density at radius 2 is 1.96 bits per heavy atom. The minimum absolute atomic E-state index is 0.188. The summed E-state index contributed by atoms with van der Waals surface area (Å²) in [7, 11) is 1.65. The van der Waals surface area contributed by atoms with Crippen molar-refractivity contribution < 1.29 is 18.9 Å². The first-order valence-corrected chi connectivity index (χ1v) is 10.0. The molecule has 3 fully saturated rings. The van der Waals surface area contributed by atoms with Gasteiger partial charge in [0.05, 0.1) is 45.3 Å². The van der Waals surface area contributed by atoms with Gasteiger partial charge in [0.2, 0.25) is 5.88 Å². The zero-order valence-corrected chi connectivity index (χ0v) is 16.3. The Kier molecular flexibility index (Phi) is 6.24. The van der Waals surface area contributed by atoms with Crippen LogP contribution in [0.4, 0.5) is 0 Å². The number of hydrogen-bond acceptors (Lipinski definition) is 7. The van der Waals surface area contributed by atoms with Crippen molar-refractivity contribution >= 4 is 0 Å². The maximum absolute atomic E-state index is 6.59. The zero-order chi connectivity index (χ0) is 18.5. The molecule has 0 saturated carbocycles. The number of aromatic nitrogens is 1. The lowest BCUT2D eigenvalue weighted by Gasteiger charge is -2.33. The monoisotopic (exact) mass is 377 g/mol. The second-order valence-electron chi connectivity index (χ2n) is 7.81. The van der Waals surface area contributed by atoms with E-state index in [-0.39, 0.29) is 5.60 Å². The zero-order valence-electron chi connectivity index (χ0n) is 16.3. The van der Waals surface area contributed by atoms with Gasteiger partial charge in [-0.3, -0.25) is 9.80 Å². The van der Waals surface area contributed by atoms with Crippen molar-refractivity contribution in [3.8, 4) is 5.88 Å². The predicted molar refractivity (Wildman–Crippen MR) is 101 cm³/mol. The molecule has 1 aromatic rings. The van der Waals surface area contributed by atoms with Crippen LogP contribution < -0.4 is 4.74 Å². The minimum atomic E-state index is -0.188. The average Bonchev–Trinajstić information content (AvgIpc) is 2.97. The molecule has 150 valence electrons. The number of nitrogens with zero attached hydrogens (tertiary/aromatic N) is 3. The highest BCUT2D eigenvalue weighted by Crippen LogP contribution is 2.34. The summed E-state index contributed by atoms with van der Waals surface area (Å²) in [6, 6.07) is 5.93. The Bertz CT molecular complexity index is 611. The quantitative estimate of drug-likeness (QED) is 0.764. The van der Waals surface area contributed by atoms with Crippen LogP contribution in [0.1, 0.15) is 18.5 Å². The smallest absolute Gasteiger partial charge is 0.213 e. The van der Waals surface area contributed by atoms with E-state index < -0.39 is 0 Å². The second kappa shape index (κ2) is 8.84. The van der Waals surface area contributed by atoms with Gasteiger partial charge >= 0.3 is 0 Å². The molecular weight excluding hydrogens is 346 g/mol. The number of methoxy groups -OCH3 is 1. The summed E-state index contributed by atoms with van der Waals surface area (Å²) in [4.78, 5) is 9.43. The summed E-state index contributed by atoms with van der Waals surface area (Å²) >= 11 is 0. The molecule has 4 heterocycles. The first-order valence-electron chi connectivity index (χ1n) is 10.0. The van der Waals surface area contributed by atoms with Gasteiger partial charge in [-0.05, 0) is 18.9 Å². The molecule has 7 nitrogen and oxygen atoms in total. The Balaban J connectivity index is 1.36. The van der Waals surface area contributed by atoms with Crippen LogP contribution in [0.3, 0.4) is 0 Å². The molecule has 3 aliphatic rings. The molecular formula is C20H31N3O4. The first-order chi connectivity index (χ1) is 13.2. The van der Waals surface area contributed by atoms with Gasteiger partial charge in [0.15, 0.2) is 0 Å². The molecule has 0 unspecified atom stereocenters. The van der Waals surface area contributed by atoms with E-state index in [1.54, 1.807) is 7.11 Å². The van der Waals surface area contributed by atoms with Gasteiger partial charge in [0, 0.05) is 45.3 Å². The number of ether oxygens (including phenoxy) is 4. The van der Waals surface area contributed by atoms with Crippen molar-refractivity contribution in [1.82, 2.24) is 14.8 Å². The van der Waals surface area contributed by atoms with Crippen molar-refractivity contribution in [3.63, 3.8) is 0 Å². The fourth-order valence-corrected chi connectivity index (χ4v) is 4.33. The van der Waals surface area contributed by atoms with Crippen molar-refractivity contribution in [2.75, 3.05) is 66.3 Å². The maximum atomic E-state index is 6.59. The van der Waals surface area contributed by atoms with Crippen LogP contribution in [0.15, 0.2) is 18.2 Å². The number of pyridine rings is 1. The van der Waals surface area contributed by atoms with Gasteiger partial charge in [0.25, 0.3) is 0 Å². The Morgan fingerprint density at radius 3 is 2.81 bits per heavy atom. The minimum Gasteiger partial charge on any atom is -0.481 e. The van der Waals surface area contributed by atoms with Crippen molar-refractivity contribution in [2.45, 2.75) is 31.1 Å². The molecule has 1 spiro atoms. The van der Waals surface area contributed by atoms with Gasteiger partial charge in [0.1, 0.15) is 5.60 Å². The summed E-state index contributed by atoms with van der Waals surface area (Å²) < 4.78 is 23.2. The molecule has 7 heteroatoms. The largest absolute Gasteiger partial charge is 0.481 e. The lowest BCUT2D eigenvalue weighted by molar-refractivity contribution is -0.0967. The van der Waals surface area contributed by atoms with Crippen LogP contribution in [0, 0.1) is 0 Å². The van der Waals surface area contributed by atoms with Gasteiger partial charge in [-0.15, -0.1) is 0 Å². The Hall–Kier alpha value is -1.25. The molecule has 3 saturated heterocycles. The molecule has 0 radical (unpaired) electrons. The third-order valence-electron chi connectivity index (χ3n) is 5.71. The first kappa shape index (κ1) is 19.1. The van der Waals surface area contributed by atoms with Crippen LogP contribution in [-0.2, 0) is 20.8 Å². The van der Waals surface area contributed by atoms with Gasteiger partial charge in [-0.1, -0.05) is 6.07 Å². The summed E-state index contributed by atoms with van der Waals surface area (Å²) in [6.45, 7) is 8.71. The van der Waals surface area contributed by atoms with E-state index >= 15 is 0 Å². The summed E-state index contributed by atoms with van der Waals surface area (Å²) in [5.41, 5.74) is 0.834. The highest BCUT2D eigenvalue weighted by molar-refractivity contribution is 5.15. The molecule has 1 aromatic heterocycles. The fraction of sp³-hybridized carbons (Fsp3) is 0.750. The van der Waals surface area contributed by atoms with Gasteiger partial charge < -0.3 is 18.9 Å². The SMILES string of the molecule is COc1cccc(CN2CCOC[C@@]3(CC[C@H](CN4CCOCC4)O3)C2)n1. The van der Waals surface area contributed by atoms with E-state index in [0.717, 1.165) is 77.6 Å². The van der Waals surface area contributed by atoms with E-state index in [9.17, 15) is 0 Å². The van der Waals surface area contributed by atoms with Crippen LogP contribution in [0.2, 0.25) is 0 Å². The molecule has 27 heavy (non-hydrogen) atoms. The normalized spacial score (nSPS) is 30.5. The van der Waals surface area contributed by atoms with Crippen molar-refractivity contribution in [1.29, 1.82) is 0 Å². The topological polar surface area (TPSA) is 56.3 Å². The maximum Gasteiger partial charge on any atom is 0.213 e. The number of morpholine rings is 1. The fourth-order valence-electron chi connectivity index (χ4n) is 4.33. The summed E-state index contributed by atoms with van der Waals surface area (Å²) in [5.74, 6) is 0.663. The second-order valence-corrected chi connectivity index (χ2v) is 7.81. The highest BCUT2D eigenvalue weighted by Gasteiger charge is 2.43. The van der Waals surface area contributed by atoms with Gasteiger partial charge in [-0.2, -0.15) is 0 Å². The third-order valence-corrected chi connectivity index (χ3v) is 5.71. The van der Waals surface area contributed by atoms with Crippen molar-refractivity contribution in [3.05, 3.63) is 23.9 Å². The van der Waals surface area contributed by atoms with E-state index in [1.807, 2.05) is 12.1 Å². The molecule has 3 aliphatic heterocycles. The van der Waals surface area contributed by atoms with E-state index in [1.165, 1.54) is 0 Å². The molecule has 0 N–H and O–H groups in total. The molecule has 4 rings (SSSR count). The lowest BCUT2D eigenvalue weighted by atomic mass is 10.00. The number of rotatable bonds is 5. The van der Waals surface area contributed by atoms with E-state index in [4.69, 9.17) is 18.9 Å². The third kappa shape index (κ3) is 4.97. The van der Waals surface area contributed by atoms with E-state index in [2.05, 4.69) is 20.9 Å². The van der Waals surface area contributed by atoms with Crippen LogP contribution in [0.25, 0.3) is 0 Å². The van der Waals surface area contributed by atoms with Crippen LogP contribution >= 0.6 is 0 Å². The van der Waals surface area contributed by atoms with Crippen LogP contribution in [-0.4, -0.2) is 92.7 Å². The van der Waals surface area contributed by atoms with E-state index in [0.29, 0.717) is 18.6 Å². The van der Waals surface area contributed by atoms with Crippen molar-refractivity contribution in [2.24, 2.45) is 0 Å². The molecule has 0 amide bonds. The predicted octanol–water partition coefficient (Wildman–Crippen LogP) is 1.17.